The van der Waals surface area contributed by atoms with E-state index in [1.165, 1.54) is 14.2 Å². The number of hydrogen-bond acceptors (Lipinski definition) is 9. The molecule has 2 saturated heterocycles. The lowest BCUT2D eigenvalue weighted by Gasteiger charge is -2.33. The number of nitrogens with one attached hydrogen (secondary N) is 3. The average Bonchev–Trinajstić information content (AvgIpc) is 4.05. The summed E-state index contributed by atoms with van der Waals surface area (Å²) >= 11 is 0. The Morgan fingerprint density at radius 2 is 1.34 bits per heavy atom. The van der Waals surface area contributed by atoms with E-state index in [1.54, 1.807) is 18.7 Å². The molecule has 5 atom stereocenters. The molecule has 1 aromatic heterocycles. The number of amides is 4. The molecule has 2 aromatic carbocycles. The normalized spacial score (nSPS) is 19.7. The van der Waals surface area contributed by atoms with Crippen molar-refractivity contribution in [3.8, 4) is 22.4 Å². The van der Waals surface area contributed by atoms with Crippen LogP contribution in [0.1, 0.15) is 83.1 Å². The molecule has 3 N–H and O–H groups in total. The Morgan fingerprint density at radius 3 is 1.91 bits per heavy atom. The summed E-state index contributed by atoms with van der Waals surface area (Å²) in [5.74, 6) is 0.210. The first-order valence-electron chi connectivity index (χ1n) is 19.5. The van der Waals surface area contributed by atoms with Gasteiger partial charge in [-0.15, -0.1) is 0 Å². The van der Waals surface area contributed by atoms with Crippen molar-refractivity contribution in [2.75, 3.05) is 27.3 Å². The van der Waals surface area contributed by atoms with Crippen molar-refractivity contribution >= 4 is 36.6 Å². The number of benzene rings is 2. The van der Waals surface area contributed by atoms with E-state index >= 15 is 0 Å². The molecule has 5 unspecified atom stereocenters. The summed E-state index contributed by atoms with van der Waals surface area (Å²) in [7, 11) is 2.59. The summed E-state index contributed by atoms with van der Waals surface area (Å²) in [6.45, 7) is 8.86. The van der Waals surface area contributed by atoms with Crippen LogP contribution in [0.2, 0.25) is 0 Å². The molecule has 0 spiro atoms. The molecule has 14 nitrogen and oxygen atoms in total. The number of methoxy groups -OCH3 is 2. The summed E-state index contributed by atoms with van der Waals surface area (Å²) in [6.07, 6.45) is 7.98. The Bertz CT molecular complexity index is 1890. The van der Waals surface area contributed by atoms with Gasteiger partial charge in [0.1, 0.15) is 30.3 Å². The molecule has 14 heteroatoms. The van der Waals surface area contributed by atoms with E-state index in [4.69, 9.17) is 9.47 Å². The monoisotopic (exact) mass is 765 g/mol. The quantitative estimate of drug-likeness (QED) is 0.184. The lowest BCUT2D eigenvalue weighted by atomic mass is 9.85. The lowest BCUT2D eigenvalue weighted by Crippen LogP contribution is -2.52. The summed E-state index contributed by atoms with van der Waals surface area (Å²) in [5.41, 5.74) is 5.03. The van der Waals surface area contributed by atoms with E-state index in [2.05, 4.69) is 79.1 Å². The minimum atomic E-state index is -0.692. The number of carbonyl (C=O) groups is 4. The van der Waals surface area contributed by atoms with Crippen LogP contribution >= 0.6 is 0 Å². The second-order valence-corrected chi connectivity index (χ2v) is 15.3. The molecule has 56 heavy (non-hydrogen) atoms. The van der Waals surface area contributed by atoms with Crippen molar-refractivity contribution in [2.45, 2.75) is 89.9 Å². The number of alkyl carbamates (subject to hydrolysis) is 2. The highest BCUT2D eigenvalue weighted by molar-refractivity contribution is 5.90. The number of aliphatic imine (C=N–C) groups is 2. The third-order valence-electron chi connectivity index (χ3n) is 11.1. The van der Waals surface area contributed by atoms with Crippen molar-refractivity contribution in [2.24, 2.45) is 21.8 Å². The highest BCUT2D eigenvalue weighted by Crippen LogP contribution is 2.38. The minimum absolute atomic E-state index is 0.0159. The van der Waals surface area contributed by atoms with E-state index in [9.17, 15) is 19.2 Å². The van der Waals surface area contributed by atoms with Crippen LogP contribution in [0, 0.1) is 17.9 Å². The number of imidazole rings is 1. The van der Waals surface area contributed by atoms with Crippen LogP contribution in [0.4, 0.5) is 9.59 Å². The number of nitrogens with zero attached hydrogens (tertiary/aromatic N) is 5. The first-order chi connectivity index (χ1) is 27.0. The van der Waals surface area contributed by atoms with Crippen molar-refractivity contribution in [3.05, 3.63) is 72.2 Å². The second kappa shape index (κ2) is 17.9. The van der Waals surface area contributed by atoms with Gasteiger partial charge in [0.15, 0.2) is 0 Å². The third kappa shape index (κ3) is 8.95. The number of carbonyl (C=O) groups excluding carboxylic acids is 4. The van der Waals surface area contributed by atoms with E-state index in [-0.39, 0.29) is 41.7 Å². The third-order valence-corrected chi connectivity index (χ3v) is 11.1. The van der Waals surface area contributed by atoms with E-state index in [0.717, 1.165) is 65.5 Å². The number of rotatable bonds is 13. The maximum Gasteiger partial charge on any atom is 0.407 e. The highest BCUT2D eigenvalue weighted by atomic mass is 16.5. The summed E-state index contributed by atoms with van der Waals surface area (Å²) < 4.78 is 9.56. The fraction of sp³-hybridized carbons (Fsp3) is 0.476. The van der Waals surface area contributed by atoms with Gasteiger partial charge in [0, 0.05) is 31.3 Å². The van der Waals surface area contributed by atoms with Gasteiger partial charge >= 0.3 is 12.2 Å². The smallest absolute Gasteiger partial charge is 0.407 e. The number of H-pyrrole nitrogens is 1. The van der Waals surface area contributed by atoms with E-state index < -0.39 is 24.3 Å². The summed E-state index contributed by atoms with van der Waals surface area (Å²) in [4.78, 5) is 72.0. The number of aromatic amines is 1. The Labute approximate surface area is 328 Å². The fourth-order valence-corrected chi connectivity index (χ4v) is 7.97. The molecular weight excluding hydrogens is 713 g/mol. The molecule has 3 aliphatic rings. The zero-order valence-electron chi connectivity index (χ0n) is 33.0. The van der Waals surface area contributed by atoms with Gasteiger partial charge in [0.05, 0.1) is 32.2 Å². The van der Waals surface area contributed by atoms with Gasteiger partial charge in [-0.2, -0.15) is 0 Å². The maximum absolute atomic E-state index is 13.7. The highest BCUT2D eigenvalue weighted by Gasteiger charge is 2.39. The van der Waals surface area contributed by atoms with Crippen molar-refractivity contribution in [1.82, 2.24) is 30.4 Å². The molecule has 2 fully saturated rings. The Morgan fingerprint density at radius 1 is 0.786 bits per heavy atom. The van der Waals surface area contributed by atoms with Gasteiger partial charge in [-0.05, 0) is 66.2 Å². The van der Waals surface area contributed by atoms with Crippen LogP contribution in [0.25, 0.3) is 22.4 Å². The fourth-order valence-electron chi connectivity index (χ4n) is 7.97. The number of likely N-dealkylation sites (tertiary alicyclic amines) is 2. The average molecular weight is 766 g/mol. The standard InChI is InChI=1S/C42H53N8O6/c1-25(2)36(47-41(53)55-5)39(51)49-19-7-9-31(49)21-32(34-22-43-24-45-34)29-15-11-27(12-16-29)28-13-17-30(18-14-28)33-23-44-38(46-33)35-10-8-20-50(35)40(52)37(26(3)4)48-42(54)56-6/h11-18,22-26,31-32,35-37H,7-10,19-21H2,1-6H3,(H,44,46)(H,47,53)(H,48,54). The van der Waals surface area contributed by atoms with Gasteiger partial charge in [-0.25, -0.2) is 19.6 Å². The van der Waals surface area contributed by atoms with Gasteiger partial charge in [-0.1, -0.05) is 76.2 Å². The van der Waals surface area contributed by atoms with E-state index in [1.807, 2.05) is 37.5 Å². The molecule has 4 heterocycles. The SMILES string of the molecule is COC(=O)NC(C(=O)N1CCCC1CC([C]1C=NC=N1)c1ccc(-c2ccc(-c3cnc(C4CCCN4C(=O)C(NC(=O)OC)C(C)C)[nH]3)cc2)cc1)C(C)C. The zero-order valence-corrected chi connectivity index (χ0v) is 33.0. The predicted molar refractivity (Wildman–Crippen MR) is 214 cm³/mol. The molecule has 297 valence electrons. The second-order valence-electron chi connectivity index (χ2n) is 15.3. The molecule has 0 aliphatic carbocycles. The van der Waals surface area contributed by atoms with Crippen molar-refractivity contribution in [3.63, 3.8) is 0 Å². The van der Waals surface area contributed by atoms with Gasteiger partial charge < -0.3 is 34.9 Å². The summed E-state index contributed by atoms with van der Waals surface area (Å²) in [6, 6.07) is 16.0. The number of hydrogen-bond donors (Lipinski definition) is 3. The van der Waals surface area contributed by atoms with Crippen LogP contribution in [0.15, 0.2) is 64.7 Å². The largest absolute Gasteiger partial charge is 0.453 e. The Kier molecular flexibility index (Phi) is 12.9. The van der Waals surface area contributed by atoms with Crippen LogP contribution in [-0.2, 0) is 19.1 Å². The van der Waals surface area contributed by atoms with Crippen LogP contribution in [0.3, 0.4) is 0 Å². The topological polar surface area (TPSA) is 171 Å². The minimum Gasteiger partial charge on any atom is -0.453 e. The molecule has 4 amide bonds. The molecule has 1 radical (unpaired) electrons. The van der Waals surface area contributed by atoms with Crippen LogP contribution in [-0.4, -0.2) is 102 Å². The molecule has 6 rings (SSSR count). The van der Waals surface area contributed by atoms with Crippen LogP contribution < -0.4 is 10.6 Å². The predicted octanol–water partition coefficient (Wildman–Crippen LogP) is 6.28. The first-order valence-corrected chi connectivity index (χ1v) is 19.5. The molecule has 0 bridgehead atoms. The van der Waals surface area contributed by atoms with Gasteiger partial charge in [0.25, 0.3) is 0 Å². The zero-order chi connectivity index (χ0) is 39.9. The number of aromatic nitrogens is 2. The molecule has 0 saturated carbocycles. The molecule has 3 aliphatic heterocycles. The van der Waals surface area contributed by atoms with Gasteiger partial charge in [-0.3, -0.25) is 14.6 Å². The molecular formula is C42H53N8O6. The summed E-state index contributed by atoms with van der Waals surface area (Å²) in [5, 5.41) is 5.43. The maximum atomic E-state index is 13.7. The number of ether oxygens (including phenoxy) is 2. The Balaban J connectivity index is 1.14. The lowest BCUT2D eigenvalue weighted by molar-refractivity contribution is -0.136. The van der Waals surface area contributed by atoms with Crippen molar-refractivity contribution < 1.29 is 28.7 Å². The van der Waals surface area contributed by atoms with E-state index in [0.29, 0.717) is 19.5 Å². The first kappa shape index (κ1) is 40.1. The van der Waals surface area contributed by atoms with Gasteiger partial charge in [0.2, 0.25) is 11.8 Å². The Hall–Kier alpha value is -5.53. The molecule has 3 aromatic rings. The van der Waals surface area contributed by atoms with Crippen LogP contribution in [0.5, 0.6) is 0 Å². The van der Waals surface area contributed by atoms with Crippen molar-refractivity contribution in [1.29, 1.82) is 0 Å².